The molecule has 30 heavy (non-hydrogen) atoms. The third kappa shape index (κ3) is 4.98. The number of aryl methyl sites for hydroxylation is 1. The molecule has 0 saturated carbocycles. The second-order valence-electron chi connectivity index (χ2n) is 6.97. The van der Waals surface area contributed by atoms with Crippen molar-refractivity contribution in [2.24, 2.45) is 0 Å². The number of benzene rings is 2. The Morgan fingerprint density at radius 1 is 1.10 bits per heavy atom. The van der Waals surface area contributed by atoms with Gasteiger partial charge in [0.2, 0.25) is 0 Å². The van der Waals surface area contributed by atoms with Crippen LogP contribution in [0.25, 0.3) is 0 Å². The van der Waals surface area contributed by atoms with Gasteiger partial charge < -0.3 is 5.32 Å². The third-order valence-electron chi connectivity index (χ3n) is 4.58. The topological polar surface area (TPSA) is 64.7 Å². The van der Waals surface area contributed by atoms with E-state index in [0.29, 0.717) is 29.5 Å². The van der Waals surface area contributed by atoms with Gasteiger partial charge in [-0.25, -0.2) is 0 Å². The highest BCUT2D eigenvalue weighted by Crippen LogP contribution is 2.16. The summed E-state index contributed by atoms with van der Waals surface area (Å²) in [5, 5.41) is 12.3. The summed E-state index contributed by atoms with van der Waals surface area (Å²) in [4.78, 5) is 12.7. The van der Waals surface area contributed by atoms with Gasteiger partial charge in [0, 0.05) is 28.5 Å². The number of carbonyl (C=O) groups is 1. The Kier molecular flexibility index (Phi) is 6.01. The first-order chi connectivity index (χ1) is 14.5. The van der Waals surface area contributed by atoms with Crippen LogP contribution in [0.2, 0.25) is 5.02 Å². The van der Waals surface area contributed by atoms with Gasteiger partial charge in [-0.1, -0.05) is 35.9 Å². The van der Waals surface area contributed by atoms with Crippen molar-refractivity contribution in [3.63, 3.8) is 0 Å². The molecule has 2 aromatic heterocycles. The van der Waals surface area contributed by atoms with Crippen molar-refractivity contribution in [1.82, 2.24) is 19.6 Å². The summed E-state index contributed by atoms with van der Waals surface area (Å²) in [5.41, 5.74) is 3.55. The van der Waals surface area contributed by atoms with Gasteiger partial charge in [-0.3, -0.25) is 14.2 Å². The van der Waals surface area contributed by atoms with Gasteiger partial charge in [0.05, 0.1) is 23.8 Å². The van der Waals surface area contributed by atoms with Crippen LogP contribution in [0.1, 0.15) is 27.2 Å². The Bertz CT molecular complexity index is 1200. The molecule has 8 heteroatoms. The van der Waals surface area contributed by atoms with E-state index in [1.807, 2.05) is 71.0 Å². The van der Waals surface area contributed by atoms with E-state index in [9.17, 15) is 4.79 Å². The van der Waals surface area contributed by atoms with E-state index in [2.05, 4.69) is 31.4 Å². The summed E-state index contributed by atoms with van der Waals surface area (Å²) < 4.78 is 4.56. The smallest absolute Gasteiger partial charge is 0.256 e. The van der Waals surface area contributed by atoms with Gasteiger partial charge in [-0.05, 0) is 58.2 Å². The van der Waals surface area contributed by atoms with E-state index >= 15 is 0 Å². The van der Waals surface area contributed by atoms with Gasteiger partial charge in [-0.15, -0.1) is 0 Å². The lowest BCUT2D eigenvalue weighted by Crippen LogP contribution is -2.13. The summed E-state index contributed by atoms with van der Waals surface area (Å²) in [6.07, 6.45) is 3.63. The van der Waals surface area contributed by atoms with Crippen molar-refractivity contribution in [3.05, 3.63) is 98.9 Å². The molecule has 4 aromatic rings. The maximum absolute atomic E-state index is 12.7. The molecule has 0 aliphatic heterocycles. The summed E-state index contributed by atoms with van der Waals surface area (Å²) in [6.45, 7) is 3.12. The Hall–Kier alpha value is -2.90. The summed E-state index contributed by atoms with van der Waals surface area (Å²) in [7, 11) is 0. The van der Waals surface area contributed by atoms with Crippen LogP contribution in [0.5, 0.6) is 0 Å². The Labute approximate surface area is 187 Å². The third-order valence-corrected chi connectivity index (χ3v) is 5.22. The molecule has 0 fully saturated rings. The maximum Gasteiger partial charge on any atom is 0.256 e. The van der Waals surface area contributed by atoms with Gasteiger partial charge in [0.1, 0.15) is 0 Å². The minimum absolute atomic E-state index is 0.203. The van der Waals surface area contributed by atoms with Crippen LogP contribution >= 0.6 is 27.5 Å². The van der Waals surface area contributed by atoms with E-state index < -0.39 is 0 Å². The number of rotatable bonds is 6. The van der Waals surface area contributed by atoms with Crippen molar-refractivity contribution in [2.45, 2.75) is 20.0 Å². The lowest BCUT2D eigenvalue weighted by Gasteiger charge is -2.06. The van der Waals surface area contributed by atoms with Gasteiger partial charge in [-0.2, -0.15) is 10.2 Å². The predicted octanol–water partition coefficient (Wildman–Crippen LogP) is 5.15. The molecule has 0 spiro atoms. The summed E-state index contributed by atoms with van der Waals surface area (Å²) in [5.74, 6) is 0.312. The van der Waals surface area contributed by atoms with Crippen LogP contribution in [0, 0.1) is 6.92 Å². The number of nitrogens with one attached hydrogen (secondary N) is 1. The number of hydrogen-bond acceptors (Lipinski definition) is 3. The molecule has 0 radical (unpaired) electrons. The maximum atomic E-state index is 12.7. The number of amides is 1. The first kappa shape index (κ1) is 20.4. The second kappa shape index (κ2) is 8.85. The molecule has 152 valence electrons. The zero-order valence-electron chi connectivity index (χ0n) is 16.2. The molecule has 2 aromatic carbocycles. The highest BCUT2D eigenvalue weighted by atomic mass is 79.9. The summed E-state index contributed by atoms with van der Waals surface area (Å²) in [6, 6.07) is 17.0. The second-order valence-corrected chi connectivity index (χ2v) is 8.32. The average molecular weight is 485 g/mol. The molecule has 0 aliphatic rings. The summed E-state index contributed by atoms with van der Waals surface area (Å²) >= 11 is 9.45. The monoisotopic (exact) mass is 483 g/mol. The molecule has 0 unspecified atom stereocenters. The molecule has 2 heterocycles. The van der Waals surface area contributed by atoms with E-state index in [-0.39, 0.29) is 5.91 Å². The average Bonchev–Trinajstić information content (AvgIpc) is 3.27. The fourth-order valence-electron chi connectivity index (χ4n) is 3.15. The molecular weight excluding hydrogens is 466 g/mol. The molecule has 0 aliphatic carbocycles. The van der Waals surface area contributed by atoms with Crippen LogP contribution in [-0.2, 0) is 13.1 Å². The molecular formula is C22H19BrClN5O. The van der Waals surface area contributed by atoms with E-state index in [0.717, 1.165) is 21.3 Å². The number of halogens is 2. The lowest BCUT2D eigenvalue weighted by atomic mass is 10.1. The van der Waals surface area contributed by atoms with Crippen molar-refractivity contribution >= 4 is 39.3 Å². The molecule has 6 nitrogen and oxygen atoms in total. The van der Waals surface area contributed by atoms with E-state index in [1.54, 1.807) is 12.3 Å². The number of nitrogens with zero attached hydrogens (tertiary/aromatic N) is 4. The SMILES string of the molecule is Cc1cc(NC(=O)c2cccc(Cn3cc(Br)cn3)c2)nn1Cc1cccc(Cl)c1. The number of aromatic nitrogens is 4. The highest BCUT2D eigenvalue weighted by Gasteiger charge is 2.11. The quantitative estimate of drug-likeness (QED) is 0.411. The van der Waals surface area contributed by atoms with Gasteiger partial charge >= 0.3 is 0 Å². The number of hydrogen-bond donors (Lipinski definition) is 1. The van der Waals surface area contributed by atoms with Crippen LogP contribution in [-0.4, -0.2) is 25.5 Å². The minimum atomic E-state index is -0.203. The standard InChI is InChI=1S/C22H19BrClN5O/c1-15-8-21(27-29(15)13-17-5-3-7-20(24)10-17)26-22(30)18-6-2-4-16(9-18)12-28-14-19(23)11-25-28/h2-11,14H,12-13H2,1H3,(H,26,27,30). The van der Waals surface area contributed by atoms with Crippen LogP contribution in [0.3, 0.4) is 0 Å². The van der Waals surface area contributed by atoms with Crippen molar-refractivity contribution in [3.8, 4) is 0 Å². The lowest BCUT2D eigenvalue weighted by molar-refractivity contribution is 0.102. The van der Waals surface area contributed by atoms with Crippen LogP contribution < -0.4 is 5.32 Å². The fraction of sp³-hybridized carbons (Fsp3) is 0.136. The fourth-order valence-corrected chi connectivity index (χ4v) is 3.69. The van der Waals surface area contributed by atoms with Crippen LogP contribution in [0.4, 0.5) is 5.82 Å². The van der Waals surface area contributed by atoms with E-state index in [1.165, 1.54) is 0 Å². The van der Waals surface area contributed by atoms with Crippen molar-refractivity contribution in [1.29, 1.82) is 0 Å². The molecule has 0 atom stereocenters. The Balaban J connectivity index is 1.45. The Morgan fingerprint density at radius 2 is 1.87 bits per heavy atom. The van der Waals surface area contributed by atoms with Gasteiger partial charge in [0.25, 0.3) is 5.91 Å². The molecule has 0 saturated heterocycles. The first-order valence-corrected chi connectivity index (χ1v) is 10.5. The van der Waals surface area contributed by atoms with Crippen LogP contribution in [0.15, 0.2) is 71.5 Å². The van der Waals surface area contributed by atoms with E-state index in [4.69, 9.17) is 11.6 Å². The molecule has 1 N–H and O–H groups in total. The molecule has 4 rings (SSSR count). The first-order valence-electron chi connectivity index (χ1n) is 9.33. The number of carbonyl (C=O) groups excluding carboxylic acids is 1. The highest BCUT2D eigenvalue weighted by molar-refractivity contribution is 9.10. The normalized spacial score (nSPS) is 10.9. The molecule has 0 bridgehead atoms. The molecule has 1 amide bonds. The van der Waals surface area contributed by atoms with Crippen molar-refractivity contribution < 1.29 is 4.79 Å². The zero-order chi connectivity index (χ0) is 21.1. The van der Waals surface area contributed by atoms with Gasteiger partial charge in [0.15, 0.2) is 5.82 Å². The number of anilines is 1. The zero-order valence-corrected chi connectivity index (χ0v) is 18.6. The predicted molar refractivity (Wildman–Crippen MR) is 121 cm³/mol. The minimum Gasteiger partial charge on any atom is -0.305 e. The largest absolute Gasteiger partial charge is 0.305 e. The Morgan fingerprint density at radius 3 is 2.60 bits per heavy atom. The van der Waals surface area contributed by atoms with Crippen molar-refractivity contribution in [2.75, 3.05) is 5.32 Å².